The van der Waals surface area contributed by atoms with Gasteiger partial charge in [-0.3, -0.25) is 9.35 Å². The first-order valence-corrected chi connectivity index (χ1v) is 4.98. The number of rotatable bonds is 5. The minimum Gasteiger partial charge on any atom is -0.370 e. The van der Waals surface area contributed by atoms with Gasteiger partial charge in [0.15, 0.2) is 0 Å². The number of carbonyl (C=O) groups excluding carboxylic acids is 1. The summed E-state index contributed by atoms with van der Waals surface area (Å²) in [7, 11) is -3.95. The van der Waals surface area contributed by atoms with Crippen LogP contribution in [-0.2, 0) is 14.9 Å². The maximum absolute atomic E-state index is 10.3. The third-order valence-corrected chi connectivity index (χ3v) is 2.03. The summed E-state index contributed by atoms with van der Waals surface area (Å²) in [4.78, 5) is 10.3. The van der Waals surface area contributed by atoms with Crippen LogP contribution >= 0.6 is 0 Å². The molecule has 1 unspecified atom stereocenters. The van der Waals surface area contributed by atoms with E-state index in [0.717, 1.165) is 0 Å². The van der Waals surface area contributed by atoms with Crippen LogP contribution in [0.15, 0.2) is 0 Å². The molecule has 0 aromatic rings. The molecule has 12 heavy (non-hydrogen) atoms. The fourth-order valence-corrected chi connectivity index (χ4v) is 1.33. The van der Waals surface area contributed by atoms with E-state index < -0.39 is 16.0 Å². The van der Waals surface area contributed by atoms with Crippen LogP contribution in [0.25, 0.3) is 0 Å². The van der Waals surface area contributed by atoms with Gasteiger partial charge in [-0.25, -0.2) is 0 Å². The number of hydrogen-bond acceptors (Lipinski definition) is 3. The lowest BCUT2D eigenvalue weighted by molar-refractivity contribution is -0.118. The quantitative estimate of drug-likeness (QED) is 0.581. The summed E-state index contributed by atoms with van der Waals surface area (Å²) in [6.07, 6.45) is 0.178. The highest BCUT2D eigenvalue weighted by atomic mass is 32.2. The molecule has 1 radical (unpaired) electrons. The van der Waals surface area contributed by atoms with E-state index in [4.69, 9.17) is 10.3 Å². The molecular weight excluding hydrogens is 182 g/mol. The van der Waals surface area contributed by atoms with Crippen molar-refractivity contribution in [1.29, 1.82) is 0 Å². The molecule has 0 aliphatic rings. The van der Waals surface area contributed by atoms with Crippen LogP contribution in [0.2, 0.25) is 0 Å². The number of primary amides is 1. The molecule has 71 valence electrons. The Morgan fingerprint density at radius 3 is 2.42 bits per heavy atom. The number of amides is 1. The van der Waals surface area contributed by atoms with Crippen molar-refractivity contribution in [1.82, 2.24) is 0 Å². The van der Waals surface area contributed by atoms with E-state index >= 15 is 0 Å². The smallest absolute Gasteiger partial charge is 0.264 e. The highest BCUT2D eigenvalue weighted by Crippen LogP contribution is 2.07. The molecule has 0 spiro atoms. The van der Waals surface area contributed by atoms with Gasteiger partial charge >= 0.3 is 0 Å². The first-order valence-electron chi connectivity index (χ1n) is 3.38. The van der Waals surface area contributed by atoms with E-state index in [1.807, 2.05) is 0 Å². The van der Waals surface area contributed by atoms with Crippen molar-refractivity contribution in [3.8, 4) is 0 Å². The van der Waals surface area contributed by atoms with E-state index in [1.54, 1.807) is 0 Å². The van der Waals surface area contributed by atoms with E-state index in [0.29, 0.717) is 0 Å². The second-order valence-corrected chi connectivity index (χ2v) is 4.18. The van der Waals surface area contributed by atoms with E-state index in [1.165, 1.54) is 0 Å². The summed E-state index contributed by atoms with van der Waals surface area (Å²) in [6.45, 7) is 3.50. The Balaban J connectivity index is 3.72. The Kier molecular flexibility index (Phi) is 4.19. The Bertz CT molecular complexity index is 246. The van der Waals surface area contributed by atoms with Crippen LogP contribution < -0.4 is 5.73 Å². The topological polar surface area (TPSA) is 97.5 Å². The third kappa shape index (κ3) is 7.49. The fourth-order valence-electron chi connectivity index (χ4n) is 0.702. The average Bonchev–Trinajstić information content (AvgIpc) is 1.80. The van der Waals surface area contributed by atoms with Crippen LogP contribution in [0.3, 0.4) is 0 Å². The van der Waals surface area contributed by atoms with Gasteiger partial charge in [-0.15, -0.1) is 0 Å². The zero-order valence-electron chi connectivity index (χ0n) is 6.56. The molecule has 1 atom stereocenters. The summed E-state index contributed by atoms with van der Waals surface area (Å²) >= 11 is 0. The predicted molar refractivity (Wildman–Crippen MR) is 43.7 cm³/mol. The zero-order valence-corrected chi connectivity index (χ0v) is 7.38. The lowest BCUT2D eigenvalue weighted by Crippen LogP contribution is -2.17. The lowest BCUT2D eigenvalue weighted by Gasteiger charge is -2.05. The second-order valence-electron chi connectivity index (χ2n) is 2.61. The Labute approximate surface area is 71.7 Å². The van der Waals surface area contributed by atoms with Crippen molar-refractivity contribution in [2.45, 2.75) is 12.8 Å². The summed E-state index contributed by atoms with van der Waals surface area (Å²) in [6, 6.07) is 0. The number of nitrogens with two attached hydrogens (primary N) is 1. The van der Waals surface area contributed by atoms with Crippen molar-refractivity contribution in [3.05, 3.63) is 6.92 Å². The molecule has 0 bridgehead atoms. The van der Waals surface area contributed by atoms with Gasteiger partial charge in [0.2, 0.25) is 5.91 Å². The summed E-state index contributed by atoms with van der Waals surface area (Å²) < 4.78 is 28.8. The first kappa shape index (κ1) is 11.4. The van der Waals surface area contributed by atoms with Gasteiger partial charge < -0.3 is 5.73 Å². The second kappa shape index (κ2) is 4.42. The van der Waals surface area contributed by atoms with Crippen LogP contribution in [0.5, 0.6) is 0 Å². The molecule has 0 fully saturated rings. The highest BCUT2D eigenvalue weighted by Gasteiger charge is 2.10. The molecule has 0 saturated heterocycles. The van der Waals surface area contributed by atoms with Crippen LogP contribution in [0.4, 0.5) is 0 Å². The van der Waals surface area contributed by atoms with Gasteiger partial charge in [-0.1, -0.05) is 0 Å². The molecule has 0 heterocycles. The van der Waals surface area contributed by atoms with Crippen molar-refractivity contribution < 1.29 is 17.8 Å². The predicted octanol–water partition coefficient (Wildman–Crippen LogP) is -0.410. The minimum atomic E-state index is -3.95. The van der Waals surface area contributed by atoms with E-state index in [-0.39, 0.29) is 24.5 Å². The van der Waals surface area contributed by atoms with Crippen LogP contribution in [0, 0.1) is 12.8 Å². The fraction of sp³-hybridized carbons (Fsp3) is 0.667. The van der Waals surface area contributed by atoms with Gasteiger partial charge in [0.25, 0.3) is 10.1 Å². The molecular formula is C6H12NO4S. The zero-order chi connectivity index (χ0) is 9.78. The van der Waals surface area contributed by atoms with Crippen molar-refractivity contribution in [2.75, 3.05) is 5.75 Å². The normalized spacial score (nSPS) is 14.2. The van der Waals surface area contributed by atoms with Crippen molar-refractivity contribution in [3.63, 3.8) is 0 Å². The standard InChI is InChI=1S/C6H12NO4S/c1-5(4-6(7)8)2-3-12(9,10)11/h5H,1-4H2,(H2,7,8)(H,9,10,11). The van der Waals surface area contributed by atoms with Gasteiger partial charge in [0.05, 0.1) is 5.75 Å². The van der Waals surface area contributed by atoms with Gasteiger partial charge in [0, 0.05) is 6.42 Å². The molecule has 0 aromatic carbocycles. The highest BCUT2D eigenvalue weighted by molar-refractivity contribution is 7.85. The molecule has 0 aliphatic carbocycles. The molecule has 0 aromatic heterocycles. The van der Waals surface area contributed by atoms with E-state index in [9.17, 15) is 13.2 Å². The maximum atomic E-state index is 10.3. The minimum absolute atomic E-state index is 0.0372. The number of hydrogen-bond donors (Lipinski definition) is 2. The molecule has 3 N–H and O–H groups in total. The molecule has 0 saturated carbocycles. The molecule has 5 nitrogen and oxygen atoms in total. The summed E-state index contributed by atoms with van der Waals surface area (Å²) in [5, 5.41) is 0. The summed E-state index contributed by atoms with van der Waals surface area (Å²) in [5.41, 5.74) is 4.84. The largest absolute Gasteiger partial charge is 0.370 e. The van der Waals surface area contributed by atoms with Gasteiger partial charge in [-0.2, -0.15) is 8.42 Å². The average molecular weight is 194 g/mol. The first-order chi connectivity index (χ1) is 5.31. The number of carbonyl (C=O) groups is 1. The van der Waals surface area contributed by atoms with Crippen LogP contribution in [0.1, 0.15) is 12.8 Å². The maximum Gasteiger partial charge on any atom is 0.264 e. The summed E-state index contributed by atoms with van der Waals surface area (Å²) in [5.74, 6) is -1.26. The Morgan fingerprint density at radius 1 is 1.58 bits per heavy atom. The third-order valence-electron chi connectivity index (χ3n) is 1.27. The van der Waals surface area contributed by atoms with Crippen LogP contribution in [-0.4, -0.2) is 24.6 Å². The SMILES string of the molecule is [CH2]C(CCS(=O)(=O)O)CC(N)=O. The van der Waals surface area contributed by atoms with Gasteiger partial charge in [0.1, 0.15) is 0 Å². The molecule has 6 heteroatoms. The molecule has 0 aliphatic heterocycles. The van der Waals surface area contributed by atoms with Crippen molar-refractivity contribution in [2.24, 2.45) is 11.7 Å². The Hall–Kier alpha value is -0.620. The molecule has 1 amide bonds. The monoisotopic (exact) mass is 194 g/mol. The van der Waals surface area contributed by atoms with E-state index in [2.05, 4.69) is 6.92 Å². The van der Waals surface area contributed by atoms with Gasteiger partial charge in [-0.05, 0) is 19.3 Å². The molecule has 0 rings (SSSR count). The Morgan fingerprint density at radius 2 is 2.08 bits per heavy atom. The lowest BCUT2D eigenvalue weighted by atomic mass is 10.1. The van der Waals surface area contributed by atoms with Crippen molar-refractivity contribution >= 4 is 16.0 Å².